The van der Waals surface area contributed by atoms with Crippen LogP contribution in [-0.4, -0.2) is 55.1 Å². The molecule has 2 heterocycles. The highest BCUT2D eigenvalue weighted by atomic mass is 16.5. The standard InChI is InChI=1S/C21H30N2O4/c24-17-4-1-3-16(11-17)15-5-7-18(8-6-15)27-12-19-21(9-2-10-22-19)14-26-13-20(25)23-21/h1,3-4,11,15,18-19,22,24H,2,5-10,12-14H2,(H,23,25)/t15?,18?,19-,21+/m0/s1. The topological polar surface area (TPSA) is 79.8 Å². The second-order valence-electron chi connectivity index (χ2n) is 8.21. The van der Waals surface area contributed by atoms with Gasteiger partial charge in [0.15, 0.2) is 0 Å². The first-order chi connectivity index (χ1) is 13.1. The summed E-state index contributed by atoms with van der Waals surface area (Å²) in [6.45, 7) is 2.28. The van der Waals surface area contributed by atoms with Crippen molar-refractivity contribution in [1.29, 1.82) is 0 Å². The lowest BCUT2D eigenvalue weighted by molar-refractivity contribution is -0.139. The minimum Gasteiger partial charge on any atom is -0.508 e. The molecule has 6 nitrogen and oxygen atoms in total. The van der Waals surface area contributed by atoms with Crippen molar-refractivity contribution in [2.45, 2.75) is 62.1 Å². The number of carbonyl (C=O) groups is 1. The Morgan fingerprint density at radius 2 is 2.11 bits per heavy atom. The highest BCUT2D eigenvalue weighted by Crippen LogP contribution is 2.35. The van der Waals surface area contributed by atoms with E-state index in [2.05, 4.69) is 16.7 Å². The van der Waals surface area contributed by atoms with Gasteiger partial charge in [0.2, 0.25) is 5.91 Å². The van der Waals surface area contributed by atoms with Gasteiger partial charge in [0.25, 0.3) is 0 Å². The summed E-state index contributed by atoms with van der Waals surface area (Å²) in [5.41, 5.74) is 0.898. The van der Waals surface area contributed by atoms with Crippen LogP contribution in [-0.2, 0) is 14.3 Å². The van der Waals surface area contributed by atoms with Crippen LogP contribution in [0.1, 0.15) is 50.0 Å². The molecule has 1 aliphatic carbocycles. The molecule has 3 N–H and O–H groups in total. The van der Waals surface area contributed by atoms with Gasteiger partial charge in [-0.15, -0.1) is 0 Å². The molecule has 6 heteroatoms. The highest BCUT2D eigenvalue weighted by Gasteiger charge is 2.44. The Kier molecular flexibility index (Phi) is 5.66. The van der Waals surface area contributed by atoms with E-state index in [1.807, 2.05) is 12.1 Å². The van der Waals surface area contributed by atoms with E-state index in [4.69, 9.17) is 9.47 Å². The van der Waals surface area contributed by atoms with Crippen molar-refractivity contribution in [3.8, 4) is 5.75 Å². The summed E-state index contributed by atoms with van der Waals surface area (Å²) in [4.78, 5) is 11.9. The number of piperidine rings is 1. The Hall–Kier alpha value is -1.63. The van der Waals surface area contributed by atoms with Crippen LogP contribution in [0.15, 0.2) is 24.3 Å². The molecule has 2 atom stereocenters. The van der Waals surface area contributed by atoms with Gasteiger partial charge >= 0.3 is 0 Å². The minimum atomic E-state index is -0.327. The number of benzene rings is 1. The quantitative estimate of drug-likeness (QED) is 0.752. The van der Waals surface area contributed by atoms with Crippen LogP contribution in [0.5, 0.6) is 5.75 Å². The fraction of sp³-hybridized carbons (Fsp3) is 0.667. The van der Waals surface area contributed by atoms with Crippen LogP contribution < -0.4 is 10.6 Å². The maximum absolute atomic E-state index is 11.9. The maximum atomic E-state index is 11.9. The summed E-state index contributed by atoms with van der Waals surface area (Å²) in [7, 11) is 0. The van der Waals surface area contributed by atoms with Gasteiger partial charge in [0.05, 0.1) is 30.9 Å². The summed E-state index contributed by atoms with van der Waals surface area (Å²) >= 11 is 0. The van der Waals surface area contributed by atoms with Gasteiger partial charge in [0.1, 0.15) is 12.4 Å². The van der Waals surface area contributed by atoms with E-state index in [0.29, 0.717) is 24.9 Å². The number of rotatable bonds is 4. The highest BCUT2D eigenvalue weighted by molar-refractivity contribution is 5.79. The van der Waals surface area contributed by atoms with Gasteiger partial charge in [-0.3, -0.25) is 4.79 Å². The Labute approximate surface area is 160 Å². The van der Waals surface area contributed by atoms with Crippen LogP contribution >= 0.6 is 0 Å². The molecule has 3 fully saturated rings. The third-order valence-electron chi connectivity index (χ3n) is 6.35. The van der Waals surface area contributed by atoms with Crippen molar-refractivity contribution in [3.05, 3.63) is 29.8 Å². The van der Waals surface area contributed by atoms with Gasteiger partial charge in [-0.1, -0.05) is 12.1 Å². The molecule has 1 amide bonds. The van der Waals surface area contributed by atoms with Crippen LogP contribution in [0, 0.1) is 0 Å². The molecule has 148 valence electrons. The first-order valence-electron chi connectivity index (χ1n) is 10.2. The van der Waals surface area contributed by atoms with Crippen LogP contribution in [0.25, 0.3) is 0 Å². The largest absolute Gasteiger partial charge is 0.508 e. The lowest BCUT2D eigenvalue weighted by Crippen LogP contribution is -2.70. The summed E-state index contributed by atoms with van der Waals surface area (Å²) in [5, 5.41) is 16.4. The third-order valence-corrected chi connectivity index (χ3v) is 6.35. The monoisotopic (exact) mass is 374 g/mol. The maximum Gasteiger partial charge on any atom is 0.246 e. The van der Waals surface area contributed by atoms with Crippen LogP contribution in [0.4, 0.5) is 0 Å². The third kappa shape index (κ3) is 4.28. The minimum absolute atomic E-state index is 0.0263. The first-order valence-corrected chi connectivity index (χ1v) is 10.2. The molecule has 27 heavy (non-hydrogen) atoms. The van der Waals surface area contributed by atoms with Gasteiger partial charge in [-0.05, 0) is 68.7 Å². The number of nitrogens with one attached hydrogen (secondary N) is 2. The molecule has 1 aromatic carbocycles. The zero-order valence-electron chi connectivity index (χ0n) is 15.8. The summed E-state index contributed by atoms with van der Waals surface area (Å²) < 4.78 is 11.8. The van der Waals surface area contributed by atoms with E-state index < -0.39 is 0 Å². The number of hydrogen-bond acceptors (Lipinski definition) is 5. The molecule has 2 saturated heterocycles. The molecule has 4 rings (SSSR count). The predicted octanol–water partition coefficient (Wildman–Crippen LogP) is 2.07. The molecule has 3 aliphatic rings. The van der Waals surface area contributed by atoms with E-state index in [0.717, 1.165) is 45.1 Å². The molecule has 0 unspecified atom stereocenters. The van der Waals surface area contributed by atoms with E-state index in [1.165, 1.54) is 5.56 Å². The molecule has 2 aliphatic heterocycles. The molecule has 0 aromatic heterocycles. The number of morpholine rings is 1. The Morgan fingerprint density at radius 1 is 1.26 bits per heavy atom. The van der Waals surface area contributed by atoms with Crippen LogP contribution in [0.2, 0.25) is 0 Å². The van der Waals surface area contributed by atoms with Gasteiger partial charge in [0, 0.05) is 0 Å². The summed E-state index contributed by atoms with van der Waals surface area (Å²) in [5.74, 6) is 0.819. The molecule has 1 aromatic rings. The number of ether oxygens (including phenoxy) is 2. The second kappa shape index (κ2) is 8.17. The van der Waals surface area contributed by atoms with Crippen LogP contribution in [0.3, 0.4) is 0 Å². The van der Waals surface area contributed by atoms with Crippen molar-refractivity contribution >= 4 is 5.91 Å². The average Bonchev–Trinajstić information content (AvgIpc) is 2.68. The van der Waals surface area contributed by atoms with Gasteiger partial charge < -0.3 is 25.2 Å². The van der Waals surface area contributed by atoms with E-state index in [1.54, 1.807) is 6.07 Å². The van der Waals surface area contributed by atoms with Crippen molar-refractivity contribution in [3.63, 3.8) is 0 Å². The van der Waals surface area contributed by atoms with E-state index in [9.17, 15) is 9.90 Å². The first kappa shape index (κ1) is 18.7. The Bertz CT molecular complexity index is 655. The predicted molar refractivity (Wildman–Crippen MR) is 102 cm³/mol. The summed E-state index contributed by atoms with van der Waals surface area (Å²) in [6, 6.07) is 7.72. The lowest BCUT2D eigenvalue weighted by Gasteiger charge is -2.47. The normalized spacial score (nSPS) is 34.4. The van der Waals surface area contributed by atoms with Crippen molar-refractivity contribution in [2.24, 2.45) is 0 Å². The number of phenolic OH excluding ortho intramolecular Hbond substituents is 1. The molecule has 1 spiro atoms. The van der Waals surface area contributed by atoms with Gasteiger partial charge in [-0.25, -0.2) is 0 Å². The Morgan fingerprint density at radius 3 is 2.89 bits per heavy atom. The summed E-state index contributed by atoms with van der Waals surface area (Å²) in [6.07, 6.45) is 6.46. The molecule has 1 saturated carbocycles. The SMILES string of the molecule is O=C1COC[C@@]2(CCCN[C@H]2COC2CCC(c3cccc(O)c3)CC2)N1. The zero-order valence-corrected chi connectivity index (χ0v) is 15.8. The van der Waals surface area contributed by atoms with E-state index >= 15 is 0 Å². The number of amides is 1. The van der Waals surface area contributed by atoms with Crippen molar-refractivity contribution < 1.29 is 19.4 Å². The number of hydrogen-bond donors (Lipinski definition) is 3. The Balaban J connectivity index is 1.29. The van der Waals surface area contributed by atoms with E-state index in [-0.39, 0.29) is 30.2 Å². The fourth-order valence-corrected chi connectivity index (χ4v) is 4.84. The van der Waals surface area contributed by atoms with Gasteiger partial charge in [-0.2, -0.15) is 0 Å². The molecule has 0 radical (unpaired) electrons. The smallest absolute Gasteiger partial charge is 0.246 e. The number of aromatic hydroxyl groups is 1. The zero-order chi connectivity index (χ0) is 18.7. The molecular weight excluding hydrogens is 344 g/mol. The fourth-order valence-electron chi connectivity index (χ4n) is 4.84. The average molecular weight is 374 g/mol. The number of carbonyl (C=O) groups excluding carboxylic acids is 1. The lowest BCUT2D eigenvalue weighted by atomic mass is 9.81. The molecular formula is C21H30N2O4. The second-order valence-corrected chi connectivity index (χ2v) is 8.21. The number of phenols is 1. The van der Waals surface area contributed by atoms with Crippen molar-refractivity contribution in [1.82, 2.24) is 10.6 Å². The molecule has 0 bridgehead atoms. The van der Waals surface area contributed by atoms with Crippen molar-refractivity contribution in [2.75, 3.05) is 26.4 Å².